The van der Waals surface area contributed by atoms with E-state index >= 15 is 0 Å². The van der Waals surface area contributed by atoms with Gasteiger partial charge < -0.3 is 10.1 Å². The zero-order chi connectivity index (χ0) is 10.5. The van der Waals surface area contributed by atoms with E-state index in [2.05, 4.69) is 17.4 Å². The van der Waals surface area contributed by atoms with Crippen LogP contribution >= 0.6 is 11.6 Å². The first-order valence-corrected chi connectivity index (χ1v) is 5.89. The highest BCUT2D eigenvalue weighted by molar-refractivity contribution is 6.17. The number of hydrogen-bond donors (Lipinski definition) is 1. The predicted molar refractivity (Wildman–Crippen MR) is 63.4 cm³/mol. The molecule has 1 atom stereocenters. The van der Waals surface area contributed by atoms with E-state index in [-0.39, 0.29) is 0 Å². The van der Waals surface area contributed by atoms with Gasteiger partial charge in [0, 0.05) is 30.6 Å². The molecule has 2 rings (SSSR count). The fourth-order valence-electron chi connectivity index (χ4n) is 1.81. The molecule has 2 nitrogen and oxygen atoms in total. The Kier molecular flexibility index (Phi) is 3.87. The molecule has 15 heavy (non-hydrogen) atoms. The Labute approximate surface area is 95.6 Å². The number of para-hydroxylation sites is 1. The summed E-state index contributed by atoms with van der Waals surface area (Å²) in [6.45, 7) is 2.77. The van der Waals surface area contributed by atoms with Gasteiger partial charge in [-0.25, -0.2) is 0 Å². The second-order valence-corrected chi connectivity index (χ2v) is 4.17. The van der Waals surface area contributed by atoms with Gasteiger partial charge in [0.1, 0.15) is 0 Å². The average molecular weight is 226 g/mol. The number of rotatable bonds is 4. The van der Waals surface area contributed by atoms with Crippen LogP contribution in [-0.4, -0.2) is 19.8 Å². The molecule has 1 aromatic carbocycles. The molecule has 1 fully saturated rings. The van der Waals surface area contributed by atoms with Gasteiger partial charge in [-0.1, -0.05) is 18.2 Å². The number of anilines is 1. The Bertz CT molecular complexity index is 310. The van der Waals surface area contributed by atoms with Crippen LogP contribution in [0, 0.1) is 5.92 Å². The molecular weight excluding hydrogens is 210 g/mol. The molecule has 1 aliphatic rings. The molecule has 1 unspecified atom stereocenters. The molecule has 1 N–H and O–H groups in total. The number of nitrogens with one attached hydrogen (secondary N) is 1. The second kappa shape index (κ2) is 5.38. The molecule has 0 radical (unpaired) electrons. The summed E-state index contributed by atoms with van der Waals surface area (Å²) in [4.78, 5) is 0. The lowest BCUT2D eigenvalue weighted by Gasteiger charge is -2.13. The van der Waals surface area contributed by atoms with Crippen molar-refractivity contribution in [2.75, 3.05) is 25.1 Å². The minimum absolute atomic E-state index is 0.560. The van der Waals surface area contributed by atoms with Gasteiger partial charge in [0.25, 0.3) is 0 Å². The lowest BCUT2D eigenvalue weighted by molar-refractivity contribution is 0.187. The van der Waals surface area contributed by atoms with Crippen molar-refractivity contribution in [1.82, 2.24) is 0 Å². The van der Waals surface area contributed by atoms with Crippen LogP contribution in [0.3, 0.4) is 0 Å². The largest absolute Gasteiger partial charge is 0.384 e. The average Bonchev–Trinajstić information content (AvgIpc) is 2.79. The number of benzene rings is 1. The maximum atomic E-state index is 5.86. The monoisotopic (exact) mass is 225 g/mol. The first-order chi connectivity index (χ1) is 7.40. The summed E-state index contributed by atoms with van der Waals surface area (Å²) in [6, 6.07) is 8.18. The van der Waals surface area contributed by atoms with E-state index in [0.717, 1.165) is 37.4 Å². The van der Waals surface area contributed by atoms with E-state index in [4.69, 9.17) is 16.3 Å². The minimum atomic E-state index is 0.560. The Morgan fingerprint density at radius 3 is 3.00 bits per heavy atom. The molecule has 1 heterocycles. The third-order valence-corrected chi connectivity index (χ3v) is 3.05. The molecule has 0 amide bonds. The summed E-state index contributed by atoms with van der Waals surface area (Å²) < 4.78 is 5.34. The summed E-state index contributed by atoms with van der Waals surface area (Å²) in [5.41, 5.74) is 2.32. The van der Waals surface area contributed by atoms with Gasteiger partial charge in [-0.05, 0) is 18.1 Å². The van der Waals surface area contributed by atoms with Crippen LogP contribution in [0.1, 0.15) is 12.0 Å². The van der Waals surface area contributed by atoms with Crippen LogP contribution in [0.2, 0.25) is 0 Å². The van der Waals surface area contributed by atoms with Crippen molar-refractivity contribution < 1.29 is 4.74 Å². The molecule has 0 saturated carbocycles. The van der Waals surface area contributed by atoms with Crippen molar-refractivity contribution in [3.8, 4) is 0 Å². The summed E-state index contributed by atoms with van der Waals surface area (Å²) in [5.74, 6) is 1.21. The Hall–Kier alpha value is -0.730. The Balaban J connectivity index is 1.91. The summed E-state index contributed by atoms with van der Waals surface area (Å²) >= 11 is 5.86. The van der Waals surface area contributed by atoms with Crippen LogP contribution in [0.4, 0.5) is 5.69 Å². The van der Waals surface area contributed by atoms with Gasteiger partial charge in [-0.3, -0.25) is 0 Å². The van der Waals surface area contributed by atoms with Crippen LogP contribution < -0.4 is 5.32 Å². The van der Waals surface area contributed by atoms with Crippen molar-refractivity contribution >= 4 is 17.3 Å². The van der Waals surface area contributed by atoms with Gasteiger partial charge >= 0.3 is 0 Å². The maximum Gasteiger partial charge on any atom is 0.0511 e. The van der Waals surface area contributed by atoms with Crippen LogP contribution in [-0.2, 0) is 10.6 Å². The highest BCUT2D eigenvalue weighted by Crippen LogP contribution is 2.19. The zero-order valence-corrected chi connectivity index (χ0v) is 9.46. The standard InChI is InChI=1S/C12H16ClNO/c13-7-11-3-1-2-4-12(11)14-8-10-5-6-15-9-10/h1-4,10,14H,5-9H2. The van der Waals surface area contributed by atoms with Gasteiger partial charge in [-0.2, -0.15) is 0 Å². The molecule has 0 aromatic heterocycles. The maximum absolute atomic E-state index is 5.86. The highest BCUT2D eigenvalue weighted by atomic mass is 35.5. The van der Waals surface area contributed by atoms with E-state index in [1.165, 1.54) is 0 Å². The van der Waals surface area contributed by atoms with Gasteiger partial charge in [0.15, 0.2) is 0 Å². The van der Waals surface area contributed by atoms with E-state index < -0.39 is 0 Å². The van der Waals surface area contributed by atoms with Gasteiger partial charge in [0.2, 0.25) is 0 Å². The van der Waals surface area contributed by atoms with E-state index in [0.29, 0.717) is 11.8 Å². The van der Waals surface area contributed by atoms with Gasteiger partial charge in [-0.15, -0.1) is 11.6 Å². The number of halogens is 1. The lowest BCUT2D eigenvalue weighted by Crippen LogP contribution is -2.14. The predicted octanol–water partition coefficient (Wildman–Crippen LogP) is 2.87. The molecule has 1 aliphatic heterocycles. The normalized spacial score (nSPS) is 20.5. The topological polar surface area (TPSA) is 21.3 Å². The second-order valence-electron chi connectivity index (χ2n) is 3.90. The van der Waals surface area contributed by atoms with E-state index in [9.17, 15) is 0 Å². The lowest BCUT2D eigenvalue weighted by atomic mass is 10.1. The fraction of sp³-hybridized carbons (Fsp3) is 0.500. The summed E-state index contributed by atoms with van der Waals surface area (Å²) in [5, 5.41) is 3.44. The molecule has 82 valence electrons. The van der Waals surface area contributed by atoms with Crippen molar-refractivity contribution in [3.63, 3.8) is 0 Å². The first-order valence-electron chi connectivity index (χ1n) is 5.35. The van der Waals surface area contributed by atoms with E-state index in [1.807, 2.05) is 12.1 Å². The quantitative estimate of drug-likeness (QED) is 0.796. The SMILES string of the molecule is ClCc1ccccc1NCC1CCOC1. The molecular formula is C12H16ClNO. The minimum Gasteiger partial charge on any atom is -0.384 e. The fourth-order valence-corrected chi connectivity index (χ4v) is 2.04. The van der Waals surface area contributed by atoms with Crippen molar-refractivity contribution in [2.24, 2.45) is 5.92 Å². The molecule has 3 heteroatoms. The Morgan fingerprint density at radius 2 is 2.27 bits per heavy atom. The summed E-state index contributed by atoms with van der Waals surface area (Å²) in [6.07, 6.45) is 1.16. The third kappa shape index (κ3) is 2.86. The molecule has 1 saturated heterocycles. The van der Waals surface area contributed by atoms with Crippen LogP contribution in [0.25, 0.3) is 0 Å². The van der Waals surface area contributed by atoms with Crippen molar-refractivity contribution in [1.29, 1.82) is 0 Å². The van der Waals surface area contributed by atoms with E-state index in [1.54, 1.807) is 0 Å². The molecule has 0 spiro atoms. The Morgan fingerprint density at radius 1 is 1.40 bits per heavy atom. The zero-order valence-electron chi connectivity index (χ0n) is 8.71. The first kappa shape index (κ1) is 10.8. The van der Waals surface area contributed by atoms with Crippen LogP contribution in [0.5, 0.6) is 0 Å². The third-order valence-electron chi connectivity index (χ3n) is 2.77. The smallest absolute Gasteiger partial charge is 0.0511 e. The number of alkyl halides is 1. The summed E-state index contributed by atoms with van der Waals surface area (Å²) in [7, 11) is 0. The number of ether oxygens (including phenoxy) is 1. The highest BCUT2D eigenvalue weighted by Gasteiger charge is 2.15. The number of hydrogen-bond acceptors (Lipinski definition) is 2. The van der Waals surface area contributed by atoms with Gasteiger partial charge in [0.05, 0.1) is 6.61 Å². The molecule has 1 aromatic rings. The van der Waals surface area contributed by atoms with Crippen molar-refractivity contribution in [3.05, 3.63) is 29.8 Å². The molecule has 0 aliphatic carbocycles. The van der Waals surface area contributed by atoms with Crippen LogP contribution in [0.15, 0.2) is 24.3 Å². The molecule has 0 bridgehead atoms. The van der Waals surface area contributed by atoms with Crippen molar-refractivity contribution in [2.45, 2.75) is 12.3 Å².